The minimum atomic E-state index is -3.91. The van der Waals surface area contributed by atoms with E-state index in [1.165, 1.54) is 11.8 Å². The fourth-order valence-electron chi connectivity index (χ4n) is 2.72. The lowest BCUT2D eigenvalue weighted by molar-refractivity contribution is -0.118. The van der Waals surface area contributed by atoms with E-state index in [0.717, 1.165) is 16.7 Å². The van der Waals surface area contributed by atoms with E-state index in [4.69, 9.17) is 0 Å². The highest BCUT2D eigenvalue weighted by Crippen LogP contribution is 2.26. The van der Waals surface area contributed by atoms with Crippen LogP contribution in [0.5, 0.6) is 0 Å². The first-order valence-corrected chi connectivity index (χ1v) is 11.0. The molecule has 4 nitrogen and oxygen atoms in total. The van der Waals surface area contributed by atoms with Crippen molar-refractivity contribution in [2.24, 2.45) is 0 Å². The number of rotatable bonds is 6. The summed E-state index contributed by atoms with van der Waals surface area (Å²) in [4.78, 5) is 12.6. The van der Waals surface area contributed by atoms with Crippen LogP contribution in [0.15, 0.2) is 41.3 Å². The van der Waals surface area contributed by atoms with Crippen molar-refractivity contribution in [1.29, 1.82) is 0 Å². The van der Waals surface area contributed by atoms with Crippen LogP contribution in [-0.4, -0.2) is 19.6 Å². The van der Waals surface area contributed by atoms with Crippen LogP contribution in [0, 0.1) is 27.7 Å². The van der Waals surface area contributed by atoms with Gasteiger partial charge in [0.15, 0.2) is 0 Å². The molecule has 0 spiro atoms. The highest BCUT2D eigenvalue weighted by atomic mass is 32.2. The van der Waals surface area contributed by atoms with Crippen LogP contribution in [0.25, 0.3) is 0 Å². The van der Waals surface area contributed by atoms with E-state index in [-0.39, 0.29) is 4.90 Å². The number of aryl methyl sites for hydroxylation is 2. The molecule has 0 bridgehead atoms. The van der Waals surface area contributed by atoms with E-state index in [2.05, 4.69) is 4.72 Å². The van der Waals surface area contributed by atoms with E-state index in [0.29, 0.717) is 16.9 Å². The smallest absolute Gasteiger partial charge is 0.264 e. The fraction of sp³-hybridized carbons (Fsp3) is 0.350. The first-order valence-electron chi connectivity index (χ1n) is 8.43. The molecule has 2 aromatic rings. The van der Waals surface area contributed by atoms with Gasteiger partial charge in [0, 0.05) is 5.75 Å². The number of carbonyl (C=O) groups excluding carboxylic acids is 1. The highest BCUT2D eigenvalue weighted by molar-refractivity contribution is 8.00. The molecule has 1 amide bonds. The lowest BCUT2D eigenvalue weighted by Crippen LogP contribution is -2.37. The molecule has 2 rings (SSSR count). The summed E-state index contributed by atoms with van der Waals surface area (Å²) in [6.45, 7) is 9.02. The third-order valence-corrected chi connectivity index (χ3v) is 7.35. The van der Waals surface area contributed by atoms with Gasteiger partial charge in [-0.3, -0.25) is 4.79 Å². The van der Waals surface area contributed by atoms with Crippen molar-refractivity contribution in [3.05, 3.63) is 64.2 Å². The molecule has 0 heterocycles. The van der Waals surface area contributed by atoms with Gasteiger partial charge in [-0.2, -0.15) is 0 Å². The first-order chi connectivity index (χ1) is 12.1. The molecule has 1 N–H and O–H groups in total. The molecule has 0 aliphatic carbocycles. The molecule has 0 aromatic heterocycles. The predicted molar refractivity (Wildman–Crippen MR) is 108 cm³/mol. The molecule has 2 aromatic carbocycles. The molecular formula is C20H25NO3S2. The summed E-state index contributed by atoms with van der Waals surface area (Å²) in [6.07, 6.45) is 0. The van der Waals surface area contributed by atoms with Gasteiger partial charge in [-0.1, -0.05) is 36.4 Å². The van der Waals surface area contributed by atoms with E-state index in [1.54, 1.807) is 20.8 Å². The number of hydrogen-bond donors (Lipinski definition) is 1. The standard InChI is InChI=1S/C20H25NO3S2/c1-13-11-14(2)16(4)19(15(13)3)26(23,24)21-20(22)17(5)25-12-18-9-7-6-8-10-18/h6-11,17H,12H2,1-5H3,(H,21,22). The Morgan fingerprint density at radius 2 is 1.58 bits per heavy atom. The number of amides is 1. The zero-order valence-corrected chi connectivity index (χ0v) is 17.4. The summed E-state index contributed by atoms with van der Waals surface area (Å²) >= 11 is 1.41. The van der Waals surface area contributed by atoms with Crippen molar-refractivity contribution in [3.8, 4) is 0 Å². The Morgan fingerprint density at radius 3 is 2.12 bits per heavy atom. The monoisotopic (exact) mass is 391 g/mol. The molecule has 140 valence electrons. The highest BCUT2D eigenvalue weighted by Gasteiger charge is 2.26. The van der Waals surface area contributed by atoms with E-state index < -0.39 is 21.2 Å². The number of nitrogens with one attached hydrogen (secondary N) is 1. The maximum Gasteiger partial charge on any atom is 0.264 e. The van der Waals surface area contributed by atoms with Crippen molar-refractivity contribution in [2.45, 2.75) is 50.5 Å². The Morgan fingerprint density at radius 1 is 1.04 bits per heavy atom. The van der Waals surface area contributed by atoms with Crippen molar-refractivity contribution in [2.75, 3.05) is 0 Å². The van der Waals surface area contributed by atoms with Crippen LogP contribution < -0.4 is 4.72 Å². The maximum atomic E-state index is 12.8. The Hall–Kier alpha value is -1.79. The second-order valence-electron chi connectivity index (χ2n) is 6.50. The SMILES string of the molecule is Cc1cc(C)c(C)c(S(=O)(=O)NC(=O)C(C)SCc2ccccc2)c1C. The Balaban J connectivity index is 2.15. The van der Waals surface area contributed by atoms with Gasteiger partial charge in [0.05, 0.1) is 10.1 Å². The Labute approximate surface area is 160 Å². The number of sulfonamides is 1. The third kappa shape index (κ3) is 4.68. The van der Waals surface area contributed by atoms with Crippen molar-refractivity contribution < 1.29 is 13.2 Å². The quantitative estimate of drug-likeness (QED) is 0.807. The van der Waals surface area contributed by atoms with Crippen LogP contribution in [0.3, 0.4) is 0 Å². The third-order valence-electron chi connectivity index (χ3n) is 4.51. The van der Waals surface area contributed by atoms with E-state index in [9.17, 15) is 13.2 Å². The van der Waals surface area contributed by atoms with Crippen LogP contribution in [-0.2, 0) is 20.6 Å². The topological polar surface area (TPSA) is 63.2 Å². The van der Waals surface area contributed by atoms with Crippen molar-refractivity contribution in [1.82, 2.24) is 4.72 Å². The van der Waals surface area contributed by atoms with Gasteiger partial charge in [-0.05, 0) is 62.4 Å². The van der Waals surface area contributed by atoms with Crippen molar-refractivity contribution >= 4 is 27.7 Å². The summed E-state index contributed by atoms with van der Waals surface area (Å²) in [5.74, 6) is 0.153. The van der Waals surface area contributed by atoms with Crippen molar-refractivity contribution in [3.63, 3.8) is 0 Å². The van der Waals surface area contributed by atoms with E-state index in [1.807, 2.05) is 50.2 Å². The Bertz CT molecular complexity index is 880. The minimum absolute atomic E-state index is 0.212. The normalized spacial score (nSPS) is 12.7. The second-order valence-corrected chi connectivity index (χ2v) is 9.45. The molecule has 6 heteroatoms. The van der Waals surface area contributed by atoms with Gasteiger partial charge < -0.3 is 0 Å². The van der Waals surface area contributed by atoms with Gasteiger partial charge in [0.2, 0.25) is 5.91 Å². The molecule has 0 fully saturated rings. The fourth-order valence-corrected chi connectivity index (χ4v) is 5.31. The molecule has 0 aliphatic rings. The summed E-state index contributed by atoms with van der Waals surface area (Å²) in [6, 6.07) is 11.7. The molecular weight excluding hydrogens is 366 g/mol. The predicted octanol–water partition coefficient (Wildman–Crippen LogP) is 4.05. The van der Waals surface area contributed by atoms with Gasteiger partial charge in [-0.15, -0.1) is 11.8 Å². The zero-order valence-electron chi connectivity index (χ0n) is 15.8. The van der Waals surface area contributed by atoms with Gasteiger partial charge in [-0.25, -0.2) is 13.1 Å². The van der Waals surface area contributed by atoms with Crippen LogP contribution in [0.2, 0.25) is 0 Å². The maximum absolute atomic E-state index is 12.8. The van der Waals surface area contributed by atoms with Gasteiger partial charge >= 0.3 is 0 Å². The summed E-state index contributed by atoms with van der Waals surface area (Å²) in [7, 11) is -3.91. The molecule has 0 radical (unpaired) electrons. The molecule has 0 saturated heterocycles. The lowest BCUT2D eigenvalue weighted by Gasteiger charge is -2.17. The van der Waals surface area contributed by atoms with Crippen LogP contribution in [0.1, 0.15) is 34.7 Å². The number of benzene rings is 2. The number of carbonyl (C=O) groups is 1. The average Bonchev–Trinajstić information content (AvgIpc) is 2.58. The minimum Gasteiger partial charge on any atom is -0.273 e. The molecule has 1 unspecified atom stereocenters. The van der Waals surface area contributed by atoms with E-state index >= 15 is 0 Å². The first kappa shape index (κ1) is 20.5. The summed E-state index contributed by atoms with van der Waals surface area (Å²) < 4.78 is 27.9. The molecule has 1 atom stereocenters. The average molecular weight is 392 g/mol. The Kier molecular flexibility index (Phi) is 6.53. The number of thioether (sulfide) groups is 1. The van der Waals surface area contributed by atoms with Crippen LogP contribution >= 0.6 is 11.8 Å². The molecule has 0 aliphatic heterocycles. The zero-order chi connectivity index (χ0) is 19.5. The lowest BCUT2D eigenvalue weighted by atomic mass is 10.0. The summed E-state index contributed by atoms with van der Waals surface area (Å²) in [5, 5.41) is -0.475. The molecule has 0 saturated carbocycles. The summed E-state index contributed by atoms with van der Waals surface area (Å²) in [5.41, 5.74) is 4.25. The largest absolute Gasteiger partial charge is 0.273 e. The van der Waals surface area contributed by atoms with Gasteiger partial charge in [0.25, 0.3) is 10.0 Å². The second kappa shape index (κ2) is 8.27. The van der Waals surface area contributed by atoms with Crippen LogP contribution in [0.4, 0.5) is 0 Å². The van der Waals surface area contributed by atoms with Gasteiger partial charge in [0.1, 0.15) is 0 Å². The molecule has 26 heavy (non-hydrogen) atoms. The number of hydrogen-bond acceptors (Lipinski definition) is 4.